The van der Waals surface area contributed by atoms with Crippen molar-refractivity contribution in [3.8, 4) is 0 Å². The van der Waals surface area contributed by atoms with Crippen molar-refractivity contribution < 1.29 is 23.8 Å². The second-order valence-corrected chi connectivity index (χ2v) is 4.95. The molecule has 1 heterocycles. The van der Waals surface area contributed by atoms with Crippen molar-refractivity contribution >= 4 is 29.6 Å². The second-order valence-electron chi connectivity index (χ2n) is 4.58. The van der Waals surface area contributed by atoms with Crippen LogP contribution in [0.4, 0.5) is 0 Å². The number of aliphatic carboxylic acids is 1. The summed E-state index contributed by atoms with van der Waals surface area (Å²) in [6.07, 6.45) is 6.38. The van der Waals surface area contributed by atoms with Gasteiger partial charge in [0.15, 0.2) is 5.22 Å². The molecule has 124 valence electrons. The van der Waals surface area contributed by atoms with Gasteiger partial charge in [0.1, 0.15) is 5.76 Å². The molecular formula is C16H23ClO5. The fourth-order valence-corrected chi connectivity index (χ4v) is 1.71. The molecule has 0 spiro atoms. The van der Waals surface area contributed by atoms with Gasteiger partial charge >= 0.3 is 11.9 Å². The van der Waals surface area contributed by atoms with Gasteiger partial charge in [-0.15, -0.1) is 0 Å². The summed E-state index contributed by atoms with van der Waals surface area (Å²) < 4.78 is 9.43. The zero-order valence-corrected chi connectivity index (χ0v) is 14.0. The lowest BCUT2D eigenvalue weighted by Crippen LogP contribution is -2.09. The van der Waals surface area contributed by atoms with Gasteiger partial charge in [0.25, 0.3) is 0 Å². The molecule has 0 aromatic carbocycles. The van der Waals surface area contributed by atoms with Crippen LogP contribution in [0.3, 0.4) is 0 Å². The number of carboxylic acid groups (broad SMARTS) is 1. The highest BCUT2D eigenvalue weighted by Crippen LogP contribution is 2.17. The maximum absolute atomic E-state index is 11.2. The molecule has 1 N–H and O–H groups in total. The van der Waals surface area contributed by atoms with E-state index in [-0.39, 0.29) is 10.8 Å². The van der Waals surface area contributed by atoms with Gasteiger partial charge in [-0.1, -0.05) is 39.5 Å². The first-order valence-corrected chi connectivity index (χ1v) is 7.58. The predicted octanol–water partition coefficient (Wildman–Crippen LogP) is 4.55. The molecule has 0 bridgehead atoms. The normalized spacial score (nSPS) is 10.6. The van der Waals surface area contributed by atoms with Gasteiger partial charge in [-0.25, -0.2) is 4.79 Å². The standard InChI is InChI=1S/C10H9ClO5.C6H14/c1-15-10(14)6(5-9(12)13)4-7-2-3-8(11)16-7;1-3-5-6-4-2/h2-4H,5H2,1H3,(H,12,13);3-6H2,1-2H3/b6-4-;. The highest BCUT2D eigenvalue weighted by molar-refractivity contribution is 6.28. The Balaban J connectivity index is 0.000000626. The summed E-state index contributed by atoms with van der Waals surface area (Å²) in [5, 5.41) is 8.76. The Bertz CT molecular complexity index is 486. The molecule has 0 saturated carbocycles. The predicted molar refractivity (Wildman–Crippen MR) is 85.8 cm³/mol. The average Bonchev–Trinajstić information content (AvgIpc) is 2.89. The lowest BCUT2D eigenvalue weighted by atomic mass is 10.1. The molecule has 1 aromatic rings. The van der Waals surface area contributed by atoms with Gasteiger partial charge in [0.2, 0.25) is 0 Å². The quantitative estimate of drug-likeness (QED) is 0.451. The number of ether oxygens (including phenoxy) is 1. The molecular weight excluding hydrogens is 308 g/mol. The maximum Gasteiger partial charge on any atom is 0.334 e. The highest BCUT2D eigenvalue weighted by atomic mass is 35.5. The number of carboxylic acids is 1. The molecule has 1 rings (SSSR count). The van der Waals surface area contributed by atoms with Crippen LogP contribution in [0.2, 0.25) is 5.22 Å². The lowest BCUT2D eigenvalue weighted by Gasteiger charge is -2.01. The number of hydrogen-bond acceptors (Lipinski definition) is 4. The van der Waals surface area contributed by atoms with E-state index in [0.29, 0.717) is 5.76 Å². The fraction of sp³-hybridized carbons (Fsp3) is 0.500. The summed E-state index contributed by atoms with van der Waals surface area (Å²) in [4.78, 5) is 21.8. The number of hydrogen-bond donors (Lipinski definition) is 1. The lowest BCUT2D eigenvalue weighted by molar-refractivity contribution is -0.141. The van der Waals surface area contributed by atoms with Gasteiger partial charge in [0, 0.05) is 0 Å². The molecule has 22 heavy (non-hydrogen) atoms. The van der Waals surface area contributed by atoms with Crippen LogP contribution in [-0.2, 0) is 14.3 Å². The van der Waals surface area contributed by atoms with E-state index in [2.05, 4.69) is 18.6 Å². The minimum atomic E-state index is -1.13. The number of methoxy groups -OCH3 is 1. The van der Waals surface area contributed by atoms with Crippen LogP contribution in [-0.4, -0.2) is 24.2 Å². The Labute approximate surface area is 135 Å². The third kappa shape index (κ3) is 9.23. The van der Waals surface area contributed by atoms with E-state index < -0.39 is 18.4 Å². The number of esters is 1. The number of carbonyl (C=O) groups excluding carboxylic acids is 1. The minimum Gasteiger partial charge on any atom is -0.481 e. The summed E-state index contributed by atoms with van der Waals surface area (Å²) in [6.45, 7) is 4.46. The third-order valence-electron chi connectivity index (χ3n) is 2.66. The monoisotopic (exact) mass is 330 g/mol. The van der Waals surface area contributed by atoms with Crippen molar-refractivity contribution in [2.24, 2.45) is 0 Å². The van der Waals surface area contributed by atoms with Crippen LogP contribution in [0.15, 0.2) is 22.1 Å². The number of furan rings is 1. The maximum atomic E-state index is 11.2. The number of halogens is 1. The van der Waals surface area contributed by atoms with Crippen LogP contribution in [0, 0.1) is 0 Å². The molecule has 0 amide bonds. The van der Waals surface area contributed by atoms with Crippen LogP contribution in [0.25, 0.3) is 6.08 Å². The van der Waals surface area contributed by atoms with Gasteiger partial charge in [-0.05, 0) is 29.8 Å². The Hall–Kier alpha value is -1.75. The van der Waals surface area contributed by atoms with Crippen molar-refractivity contribution in [3.05, 3.63) is 28.7 Å². The number of unbranched alkanes of at least 4 members (excludes halogenated alkanes) is 3. The Kier molecular flexibility index (Phi) is 10.9. The first kappa shape index (κ1) is 20.2. The van der Waals surface area contributed by atoms with E-state index in [1.54, 1.807) is 0 Å². The number of carbonyl (C=O) groups is 2. The van der Waals surface area contributed by atoms with Crippen molar-refractivity contribution in [2.75, 3.05) is 7.11 Å². The molecule has 0 unspecified atom stereocenters. The van der Waals surface area contributed by atoms with E-state index in [9.17, 15) is 9.59 Å². The summed E-state index contributed by atoms with van der Waals surface area (Å²) >= 11 is 5.53. The smallest absolute Gasteiger partial charge is 0.334 e. The van der Waals surface area contributed by atoms with Gasteiger partial charge in [-0.3, -0.25) is 4.79 Å². The van der Waals surface area contributed by atoms with Crippen LogP contribution in [0.5, 0.6) is 0 Å². The summed E-state index contributed by atoms with van der Waals surface area (Å²) in [5.41, 5.74) is -0.0129. The molecule has 0 fully saturated rings. The molecule has 0 aliphatic rings. The van der Waals surface area contributed by atoms with Gasteiger partial charge in [0.05, 0.1) is 19.1 Å². The van der Waals surface area contributed by atoms with Crippen molar-refractivity contribution in [3.63, 3.8) is 0 Å². The van der Waals surface area contributed by atoms with E-state index in [4.69, 9.17) is 21.1 Å². The van der Waals surface area contributed by atoms with Gasteiger partial charge < -0.3 is 14.3 Å². The molecule has 0 atom stereocenters. The largest absolute Gasteiger partial charge is 0.481 e. The summed E-state index contributed by atoms with van der Waals surface area (Å²) in [5.74, 6) is -1.55. The first-order valence-electron chi connectivity index (χ1n) is 7.20. The third-order valence-corrected chi connectivity index (χ3v) is 2.86. The summed E-state index contributed by atoms with van der Waals surface area (Å²) in [7, 11) is 1.17. The summed E-state index contributed by atoms with van der Waals surface area (Å²) in [6, 6.07) is 3.01. The Morgan fingerprint density at radius 1 is 1.27 bits per heavy atom. The van der Waals surface area contributed by atoms with Crippen LogP contribution >= 0.6 is 11.6 Å². The zero-order valence-electron chi connectivity index (χ0n) is 13.2. The molecule has 1 aromatic heterocycles. The van der Waals surface area contributed by atoms with E-state index in [0.717, 1.165) is 0 Å². The second kappa shape index (κ2) is 11.9. The molecule has 5 nitrogen and oxygen atoms in total. The Morgan fingerprint density at radius 3 is 2.23 bits per heavy atom. The van der Waals surface area contributed by atoms with Crippen molar-refractivity contribution in [1.29, 1.82) is 0 Å². The fourth-order valence-electron chi connectivity index (χ4n) is 1.55. The van der Waals surface area contributed by atoms with Crippen LogP contribution < -0.4 is 0 Å². The van der Waals surface area contributed by atoms with E-state index in [1.165, 1.54) is 51.0 Å². The van der Waals surface area contributed by atoms with Crippen molar-refractivity contribution in [1.82, 2.24) is 0 Å². The van der Waals surface area contributed by atoms with E-state index >= 15 is 0 Å². The molecule has 0 saturated heterocycles. The van der Waals surface area contributed by atoms with Crippen molar-refractivity contribution in [2.45, 2.75) is 46.0 Å². The van der Waals surface area contributed by atoms with Crippen LogP contribution in [0.1, 0.15) is 51.7 Å². The Morgan fingerprint density at radius 2 is 1.86 bits per heavy atom. The molecule has 0 radical (unpaired) electrons. The average molecular weight is 331 g/mol. The molecule has 6 heteroatoms. The molecule has 0 aliphatic heterocycles. The topological polar surface area (TPSA) is 76.7 Å². The molecule has 0 aliphatic carbocycles. The SMILES string of the molecule is CCCCCC.COC(=O)/C(=C\c1ccc(Cl)o1)CC(=O)O. The van der Waals surface area contributed by atoms with E-state index in [1.807, 2.05) is 0 Å². The highest BCUT2D eigenvalue weighted by Gasteiger charge is 2.14. The minimum absolute atomic E-state index is 0.0129. The zero-order chi connectivity index (χ0) is 17.0. The van der Waals surface area contributed by atoms with Gasteiger partial charge in [-0.2, -0.15) is 0 Å². The number of rotatable bonds is 7. The first-order chi connectivity index (χ1) is 10.4.